The molecule has 0 fully saturated rings. The molecule has 2 N–H and O–H groups in total. The number of benzene rings is 2. The fourth-order valence-corrected chi connectivity index (χ4v) is 2.02. The quantitative estimate of drug-likeness (QED) is 0.899. The minimum Gasteiger partial charge on any atom is -0.347 e. The van der Waals surface area contributed by atoms with Gasteiger partial charge in [0.15, 0.2) is 0 Å². The highest BCUT2D eigenvalue weighted by atomic mass is 19.1. The third-order valence-corrected chi connectivity index (χ3v) is 3.08. The smallest absolute Gasteiger partial charge is 0.255 e. The normalized spacial score (nSPS) is 11.0. The molecule has 2 aromatic carbocycles. The molecule has 0 saturated heterocycles. The third kappa shape index (κ3) is 4.38. The van der Waals surface area contributed by atoms with Gasteiger partial charge in [-0.1, -0.05) is 12.1 Å². The van der Waals surface area contributed by atoms with E-state index in [-0.39, 0.29) is 17.0 Å². The Morgan fingerprint density at radius 3 is 1.92 bits per heavy atom. The van der Waals surface area contributed by atoms with E-state index in [4.69, 9.17) is 0 Å². The monoisotopic (exact) mass is 332 g/mol. The number of halogens is 2. The average Bonchev–Trinajstić information content (AvgIpc) is 2.49. The minimum absolute atomic E-state index is 0.124. The number of carbonyl (C=O) groups excluding carboxylic acids is 2. The summed E-state index contributed by atoms with van der Waals surface area (Å²) >= 11 is 0. The summed E-state index contributed by atoms with van der Waals surface area (Å²) in [4.78, 5) is 24.3. The molecule has 4 nitrogen and oxygen atoms in total. The Labute approximate surface area is 138 Å². The van der Waals surface area contributed by atoms with Crippen LogP contribution in [0.25, 0.3) is 0 Å². The number of anilines is 1. The first-order valence-electron chi connectivity index (χ1n) is 7.35. The Morgan fingerprint density at radius 2 is 1.38 bits per heavy atom. The van der Waals surface area contributed by atoms with Crippen LogP contribution in [0, 0.1) is 11.6 Å². The van der Waals surface area contributed by atoms with E-state index in [1.54, 1.807) is 6.07 Å². The maximum Gasteiger partial charge on any atom is 0.255 e. The molecule has 2 rings (SSSR count). The van der Waals surface area contributed by atoms with E-state index in [0.717, 1.165) is 12.1 Å². The number of nitrogens with one attached hydrogen (secondary N) is 2. The maximum atomic E-state index is 13.6. The highest BCUT2D eigenvalue weighted by Gasteiger charge is 2.18. The summed E-state index contributed by atoms with van der Waals surface area (Å²) in [7, 11) is 0. The van der Waals surface area contributed by atoms with E-state index >= 15 is 0 Å². The van der Waals surface area contributed by atoms with Crippen molar-refractivity contribution in [1.82, 2.24) is 5.32 Å². The average molecular weight is 332 g/mol. The predicted molar refractivity (Wildman–Crippen MR) is 88.0 cm³/mol. The molecule has 0 aliphatic carbocycles. The zero-order valence-electron chi connectivity index (χ0n) is 13.6. The van der Waals surface area contributed by atoms with E-state index in [9.17, 15) is 18.4 Å². The summed E-state index contributed by atoms with van der Waals surface area (Å²) < 4.78 is 27.2. The van der Waals surface area contributed by atoms with Crippen LogP contribution in [-0.4, -0.2) is 17.4 Å². The fourth-order valence-electron chi connectivity index (χ4n) is 2.02. The van der Waals surface area contributed by atoms with Crippen LogP contribution >= 0.6 is 0 Å². The third-order valence-electron chi connectivity index (χ3n) is 3.08. The van der Waals surface area contributed by atoms with Crippen LogP contribution < -0.4 is 10.6 Å². The minimum atomic E-state index is -0.870. The molecule has 6 heteroatoms. The van der Waals surface area contributed by atoms with Gasteiger partial charge in [-0.15, -0.1) is 0 Å². The number of carbonyl (C=O) groups is 2. The van der Waals surface area contributed by atoms with Crippen LogP contribution in [0.1, 0.15) is 41.5 Å². The first kappa shape index (κ1) is 17.6. The lowest BCUT2D eigenvalue weighted by molar-refractivity contribution is 0.0919. The van der Waals surface area contributed by atoms with Gasteiger partial charge >= 0.3 is 0 Å². The molecule has 0 saturated carbocycles. The van der Waals surface area contributed by atoms with Crippen LogP contribution in [0.3, 0.4) is 0 Å². The van der Waals surface area contributed by atoms with Crippen LogP contribution in [0.4, 0.5) is 14.5 Å². The zero-order valence-corrected chi connectivity index (χ0v) is 13.6. The number of amides is 2. The Morgan fingerprint density at radius 1 is 0.875 bits per heavy atom. The van der Waals surface area contributed by atoms with Crippen molar-refractivity contribution < 1.29 is 18.4 Å². The van der Waals surface area contributed by atoms with Gasteiger partial charge in [-0.3, -0.25) is 9.59 Å². The molecule has 0 unspecified atom stereocenters. The molecule has 0 bridgehead atoms. The second kappa shape index (κ2) is 6.78. The maximum absolute atomic E-state index is 13.6. The topological polar surface area (TPSA) is 58.2 Å². The van der Waals surface area contributed by atoms with Crippen molar-refractivity contribution >= 4 is 17.5 Å². The Bertz CT molecular complexity index is 763. The van der Waals surface area contributed by atoms with E-state index < -0.39 is 28.8 Å². The van der Waals surface area contributed by atoms with E-state index in [2.05, 4.69) is 10.6 Å². The Kier molecular flexibility index (Phi) is 4.97. The van der Waals surface area contributed by atoms with Gasteiger partial charge in [-0.2, -0.15) is 0 Å². The molecule has 0 aliphatic heterocycles. The molecule has 2 aromatic rings. The Hall–Kier alpha value is -2.76. The number of hydrogen-bond acceptors (Lipinski definition) is 2. The highest BCUT2D eigenvalue weighted by molar-refractivity contribution is 6.06. The van der Waals surface area contributed by atoms with Crippen molar-refractivity contribution in [3.63, 3.8) is 0 Å². The predicted octanol–water partition coefficient (Wildman–Crippen LogP) is 3.75. The lowest BCUT2D eigenvalue weighted by atomic mass is 10.1. The van der Waals surface area contributed by atoms with Gasteiger partial charge < -0.3 is 10.6 Å². The van der Waals surface area contributed by atoms with Gasteiger partial charge in [0, 0.05) is 16.7 Å². The molecule has 0 radical (unpaired) electrons. The van der Waals surface area contributed by atoms with Crippen LogP contribution in [0.15, 0.2) is 42.5 Å². The van der Waals surface area contributed by atoms with E-state index in [0.29, 0.717) is 0 Å². The van der Waals surface area contributed by atoms with Gasteiger partial charge in [0.1, 0.15) is 17.3 Å². The van der Waals surface area contributed by atoms with Crippen molar-refractivity contribution in [3.05, 3.63) is 65.2 Å². The fraction of sp³-hybridized carbons (Fsp3) is 0.222. The molecule has 0 aliphatic rings. The summed E-state index contributed by atoms with van der Waals surface area (Å²) in [5, 5.41) is 4.97. The van der Waals surface area contributed by atoms with Crippen LogP contribution in [-0.2, 0) is 0 Å². The van der Waals surface area contributed by atoms with E-state index in [1.807, 2.05) is 20.8 Å². The Balaban J connectivity index is 2.22. The second-order valence-corrected chi connectivity index (χ2v) is 6.34. The summed E-state index contributed by atoms with van der Waals surface area (Å²) in [5.41, 5.74) is -0.538. The lowest BCUT2D eigenvalue weighted by Crippen LogP contribution is -2.40. The largest absolute Gasteiger partial charge is 0.347 e. The van der Waals surface area contributed by atoms with Gasteiger partial charge in [0.25, 0.3) is 11.8 Å². The number of rotatable bonds is 3. The molecular formula is C18H18F2N2O2. The molecule has 126 valence electrons. The van der Waals surface area contributed by atoms with Crippen molar-refractivity contribution in [2.24, 2.45) is 0 Å². The lowest BCUT2D eigenvalue weighted by Gasteiger charge is -2.20. The molecule has 0 heterocycles. The van der Waals surface area contributed by atoms with Crippen molar-refractivity contribution in [2.75, 3.05) is 5.32 Å². The summed E-state index contributed by atoms with van der Waals surface area (Å²) in [6.07, 6.45) is 0. The molecular weight excluding hydrogens is 314 g/mol. The zero-order chi connectivity index (χ0) is 17.9. The summed E-state index contributed by atoms with van der Waals surface area (Å²) in [6.45, 7) is 5.51. The first-order chi connectivity index (χ1) is 11.2. The second-order valence-electron chi connectivity index (χ2n) is 6.34. The standard InChI is InChI=1S/C18H18F2N2O2/c1-18(2,3)22-17(24)12-7-4-6-11(10-12)16(23)21-15-13(19)8-5-9-14(15)20/h4-10H,1-3H3,(H,21,23)(H,22,24). The van der Waals surface area contributed by atoms with Crippen LogP contribution in [0.5, 0.6) is 0 Å². The number of para-hydroxylation sites is 1. The van der Waals surface area contributed by atoms with Crippen molar-refractivity contribution in [2.45, 2.75) is 26.3 Å². The summed E-state index contributed by atoms with van der Waals surface area (Å²) in [5.74, 6) is -2.78. The van der Waals surface area contributed by atoms with Crippen molar-refractivity contribution in [3.8, 4) is 0 Å². The van der Waals surface area contributed by atoms with Gasteiger partial charge in [0.05, 0.1) is 0 Å². The molecule has 0 spiro atoms. The van der Waals surface area contributed by atoms with Crippen LogP contribution in [0.2, 0.25) is 0 Å². The van der Waals surface area contributed by atoms with Gasteiger partial charge in [-0.25, -0.2) is 8.78 Å². The van der Waals surface area contributed by atoms with E-state index in [1.165, 1.54) is 24.3 Å². The van der Waals surface area contributed by atoms with Gasteiger partial charge in [-0.05, 0) is 51.1 Å². The molecule has 0 aromatic heterocycles. The van der Waals surface area contributed by atoms with Gasteiger partial charge in [0.2, 0.25) is 0 Å². The SMILES string of the molecule is CC(C)(C)NC(=O)c1cccc(C(=O)Nc2c(F)cccc2F)c1. The number of hydrogen-bond donors (Lipinski definition) is 2. The molecule has 0 atom stereocenters. The highest BCUT2D eigenvalue weighted by Crippen LogP contribution is 2.19. The first-order valence-corrected chi connectivity index (χ1v) is 7.35. The molecule has 2 amide bonds. The molecule has 24 heavy (non-hydrogen) atoms. The summed E-state index contributed by atoms with van der Waals surface area (Å²) in [6, 6.07) is 9.22. The van der Waals surface area contributed by atoms with Crippen molar-refractivity contribution in [1.29, 1.82) is 0 Å².